The summed E-state index contributed by atoms with van der Waals surface area (Å²) in [4.78, 5) is 10.2. The van der Waals surface area contributed by atoms with Gasteiger partial charge in [0, 0.05) is 25.2 Å². The van der Waals surface area contributed by atoms with Crippen molar-refractivity contribution in [3.05, 3.63) is 34.4 Å². The molecule has 1 saturated heterocycles. The Bertz CT molecular complexity index is 605. The van der Waals surface area contributed by atoms with Crippen LogP contribution >= 0.6 is 0 Å². The van der Waals surface area contributed by atoms with Crippen molar-refractivity contribution in [3.63, 3.8) is 0 Å². The Morgan fingerprint density at radius 3 is 2.40 bits per heavy atom. The lowest BCUT2D eigenvalue weighted by Crippen LogP contribution is -2.42. The zero-order valence-corrected chi connectivity index (χ0v) is 12.3. The van der Waals surface area contributed by atoms with E-state index in [1.807, 2.05) is 13.8 Å². The van der Waals surface area contributed by atoms with Gasteiger partial charge in [0.15, 0.2) is 0 Å². The molecule has 110 valence electrons. The molecule has 1 heterocycles. The zero-order valence-electron chi connectivity index (χ0n) is 11.5. The van der Waals surface area contributed by atoms with Gasteiger partial charge in [-0.2, -0.15) is 4.31 Å². The molecule has 1 aromatic rings. The number of nitro benzene ring substituents is 1. The van der Waals surface area contributed by atoms with Crippen LogP contribution in [0.1, 0.15) is 20.3 Å². The second kappa shape index (κ2) is 5.49. The molecule has 0 bridgehead atoms. The highest BCUT2D eigenvalue weighted by molar-refractivity contribution is 7.89. The molecular formula is C13H18N2O4S. The highest BCUT2D eigenvalue weighted by Crippen LogP contribution is 2.27. The lowest BCUT2D eigenvalue weighted by Gasteiger charge is -2.33. The Labute approximate surface area is 118 Å². The van der Waals surface area contributed by atoms with Crippen molar-refractivity contribution in [2.45, 2.75) is 25.2 Å². The van der Waals surface area contributed by atoms with Crippen LogP contribution in [-0.2, 0) is 10.0 Å². The van der Waals surface area contributed by atoms with Crippen LogP contribution in [-0.4, -0.2) is 30.7 Å². The number of non-ortho nitro benzene ring substituents is 1. The van der Waals surface area contributed by atoms with Gasteiger partial charge in [-0.15, -0.1) is 0 Å². The fourth-order valence-electron chi connectivity index (χ4n) is 2.71. The maximum absolute atomic E-state index is 12.6. The quantitative estimate of drug-likeness (QED) is 0.633. The molecule has 1 aliphatic heterocycles. The molecule has 2 atom stereocenters. The predicted molar refractivity (Wildman–Crippen MR) is 74.8 cm³/mol. The molecule has 2 rings (SSSR count). The third-order valence-electron chi connectivity index (χ3n) is 3.50. The first-order valence-electron chi connectivity index (χ1n) is 6.55. The summed E-state index contributed by atoms with van der Waals surface area (Å²) in [6.45, 7) is 4.97. The molecule has 0 N–H and O–H groups in total. The van der Waals surface area contributed by atoms with Crippen molar-refractivity contribution in [2.75, 3.05) is 13.1 Å². The highest BCUT2D eigenvalue weighted by atomic mass is 32.2. The number of sulfonamides is 1. The summed E-state index contributed by atoms with van der Waals surface area (Å²) in [5.74, 6) is 0.597. The molecule has 0 aliphatic carbocycles. The Hall–Kier alpha value is -1.47. The third-order valence-corrected chi connectivity index (χ3v) is 5.33. The fourth-order valence-corrected chi connectivity index (χ4v) is 4.43. The molecule has 1 fully saturated rings. The first kappa shape index (κ1) is 14.9. The van der Waals surface area contributed by atoms with Crippen LogP contribution in [0.3, 0.4) is 0 Å². The van der Waals surface area contributed by atoms with E-state index < -0.39 is 14.9 Å². The minimum absolute atomic E-state index is 0.00648. The smallest absolute Gasteiger partial charge is 0.258 e. The summed E-state index contributed by atoms with van der Waals surface area (Å²) in [5.41, 5.74) is -0.204. The van der Waals surface area contributed by atoms with Gasteiger partial charge in [0.2, 0.25) is 10.0 Å². The van der Waals surface area contributed by atoms with Crippen molar-refractivity contribution in [1.82, 2.24) is 4.31 Å². The molecule has 1 aromatic carbocycles. The highest BCUT2D eigenvalue weighted by Gasteiger charge is 2.32. The van der Waals surface area contributed by atoms with Crippen molar-refractivity contribution < 1.29 is 13.3 Å². The number of piperidine rings is 1. The van der Waals surface area contributed by atoms with Crippen molar-refractivity contribution >= 4 is 15.7 Å². The van der Waals surface area contributed by atoms with E-state index in [2.05, 4.69) is 0 Å². The van der Waals surface area contributed by atoms with Crippen LogP contribution in [0, 0.1) is 22.0 Å². The maximum Gasteiger partial charge on any atom is 0.270 e. The fraction of sp³-hybridized carbons (Fsp3) is 0.538. The summed E-state index contributed by atoms with van der Waals surface area (Å²) < 4.78 is 26.5. The van der Waals surface area contributed by atoms with Crippen LogP contribution in [0.5, 0.6) is 0 Å². The average molecular weight is 298 g/mol. The Morgan fingerprint density at radius 2 is 1.85 bits per heavy atom. The van der Waals surface area contributed by atoms with Crippen LogP contribution in [0.15, 0.2) is 29.2 Å². The second-order valence-corrected chi connectivity index (χ2v) is 7.46. The van der Waals surface area contributed by atoms with E-state index in [1.54, 1.807) is 0 Å². The molecule has 0 amide bonds. The van der Waals surface area contributed by atoms with Gasteiger partial charge in [0.05, 0.1) is 9.82 Å². The minimum Gasteiger partial charge on any atom is -0.258 e. The normalized spacial score (nSPS) is 24.5. The summed E-state index contributed by atoms with van der Waals surface area (Å²) >= 11 is 0. The van der Waals surface area contributed by atoms with Crippen LogP contribution in [0.4, 0.5) is 5.69 Å². The van der Waals surface area contributed by atoms with E-state index in [0.717, 1.165) is 12.5 Å². The molecule has 0 spiro atoms. The van der Waals surface area contributed by atoms with E-state index in [0.29, 0.717) is 24.9 Å². The Kier molecular flexibility index (Phi) is 4.10. The number of rotatable bonds is 3. The van der Waals surface area contributed by atoms with Crippen molar-refractivity contribution in [1.29, 1.82) is 0 Å². The Morgan fingerprint density at radius 1 is 1.25 bits per heavy atom. The first-order valence-corrected chi connectivity index (χ1v) is 7.99. The number of benzene rings is 1. The van der Waals surface area contributed by atoms with Crippen LogP contribution in [0.25, 0.3) is 0 Å². The van der Waals surface area contributed by atoms with Gasteiger partial charge >= 0.3 is 0 Å². The molecule has 1 aliphatic rings. The first-order chi connectivity index (χ1) is 9.30. The molecular weight excluding hydrogens is 280 g/mol. The number of hydrogen-bond acceptors (Lipinski definition) is 4. The zero-order chi connectivity index (χ0) is 14.9. The minimum atomic E-state index is -3.66. The molecule has 7 heteroatoms. The van der Waals surface area contributed by atoms with Crippen molar-refractivity contribution in [3.8, 4) is 0 Å². The van der Waals surface area contributed by atoms with Gasteiger partial charge in [-0.25, -0.2) is 8.42 Å². The molecule has 6 nitrogen and oxygen atoms in total. The third kappa shape index (κ3) is 2.99. The van der Waals surface area contributed by atoms with E-state index in [-0.39, 0.29) is 10.6 Å². The molecule has 20 heavy (non-hydrogen) atoms. The van der Waals surface area contributed by atoms with Crippen molar-refractivity contribution in [2.24, 2.45) is 11.8 Å². The predicted octanol–water partition coefficient (Wildman–Crippen LogP) is 2.26. The van der Waals surface area contributed by atoms with E-state index in [4.69, 9.17) is 0 Å². The lowest BCUT2D eigenvalue weighted by molar-refractivity contribution is -0.385. The van der Waals surface area contributed by atoms with Gasteiger partial charge in [-0.05, 0) is 24.3 Å². The van der Waals surface area contributed by atoms with E-state index in [1.165, 1.54) is 22.5 Å². The van der Waals surface area contributed by atoms with Gasteiger partial charge < -0.3 is 0 Å². The Balaban J connectivity index is 2.34. The number of hydrogen-bond donors (Lipinski definition) is 0. The molecule has 0 radical (unpaired) electrons. The summed E-state index contributed by atoms with van der Waals surface area (Å²) in [6.07, 6.45) is 1.00. The SMILES string of the molecule is C[C@@H]1C[C@H](C)CN(S(=O)(=O)c2cccc([N+](=O)[O-])c2)C1. The standard InChI is InChI=1S/C13H18N2O4S/c1-10-6-11(2)9-14(8-10)20(18,19)13-5-3-4-12(7-13)15(16)17/h3-5,7,10-11H,6,8-9H2,1-2H3/t10-,11+. The number of nitro groups is 1. The lowest BCUT2D eigenvalue weighted by atomic mass is 9.94. The summed E-state index contributed by atoms with van der Waals surface area (Å²) in [6, 6.07) is 5.23. The maximum atomic E-state index is 12.6. The van der Waals surface area contributed by atoms with Gasteiger partial charge in [-0.1, -0.05) is 19.9 Å². The van der Waals surface area contributed by atoms with E-state index in [9.17, 15) is 18.5 Å². The summed E-state index contributed by atoms with van der Waals surface area (Å²) in [7, 11) is -3.66. The molecule has 0 saturated carbocycles. The van der Waals surface area contributed by atoms with E-state index >= 15 is 0 Å². The summed E-state index contributed by atoms with van der Waals surface area (Å²) in [5, 5.41) is 10.8. The van der Waals surface area contributed by atoms with Gasteiger partial charge in [0.1, 0.15) is 0 Å². The average Bonchev–Trinajstić information content (AvgIpc) is 2.37. The largest absolute Gasteiger partial charge is 0.270 e. The topological polar surface area (TPSA) is 80.5 Å². The number of nitrogens with zero attached hydrogens (tertiary/aromatic N) is 2. The van der Waals surface area contributed by atoms with Gasteiger partial charge in [0.25, 0.3) is 5.69 Å². The second-order valence-electron chi connectivity index (χ2n) is 5.52. The van der Waals surface area contributed by atoms with Crippen LogP contribution < -0.4 is 0 Å². The van der Waals surface area contributed by atoms with Gasteiger partial charge in [-0.3, -0.25) is 10.1 Å². The molecule has 0 unspecified atom stereocenters. The molecule has 0 aromatic heterocycles. The van der Waals surface area contributed by atoms with Crippen LogP contribution in [0.2, 0.25) is 0 Å². The monoisotopic (exact) mass is 298 g/mol.